The molecule has 2 fully saturated rings. The summed E-state index contributed by atoms with van der Waals surface area (Å²) in [6, 6.07) is 10.6. The predicted octanol–water partition coefficient (Wildman–Crippen LogP) is 5.30. The Hall–Kier alpha value is -4.89. The standard InChI is InChI=1S/C42H49BrN8O7S/c43-32-25-45-42(49-39(32)47-33-14-10-15-35-38(33)58-27-57-35)46-29-19-22-50(23-20-29)59(56)24-21-44-36(52)16-8-6-4-2-1-3-5-7-11-28-12-9-13-30-31(28)26-51(41(30)55)34-17-18-37(53)48-40(34)54/h9-10,12-15,25,29,34H,1-6,8,16-24,26-27H2,(H,44,52)(H,48,53,54)(H2,45,46,47,49). The highest BCUT2D eigenvalue weighted by molar-refractivity contribution is 9.10. The molecule has 4 aliphatic rings. The second-order valence-corrected chi connectivity index (χ2v) is 17.4. The number of fused-ring (bicyclic) bond motifs is 2. The maximum atomic E-state index is 13.0. The van der Waals surface area contributed by atoms with Gasteiger partial charge in [-0.15, -0.1) is 4.31 Å². The first kappa shape index (κ1) is 42.2. The number of benzene rings is 2. The van der Waals surface area contributed by atoms with Crippen LogP contribution in [0.4, 0.5) is 17.5 Å². The SMILES string of the molecule is O=C(CCCCCCCCC#Cc1cccc2c1CN(C1CCC(=O)NC1=O)C2=O)NCC[S+]([O-])N1CCC(Nc2ncc(Br)c(Nc3cccc4c3OCO4)n2)CC1. The molecule has 17 heteroatoms. The molecule has 2 saturated heterocycles. The number of unbranched alkanes of at least 4 members (excludes halogenated alkanes) is 6. The summed E-state index contributed by atoms with van der Waals surface area (Å²) < 4.78 is 26.7. The molecule has 59 heavy (non-hydrogen) atoms. The lowest BCUT2D eigenvalue weighted by molar-refractivity contribution is -0.137. The number of hydrogen-bond donors (Lipinski definition) is 4. The van der Waals surface area contributed by atoms with Crippen molar-refractivity contribution < 1.29 is 33.2 Å². The van der Waals surface area contributed by atoms with E-state index in [0.29, 0.717) is 78.1 Å². The van der Waals surface area contributed by atoms with Gasteiger partial charge in [0.25, 0.3) is 5.91 Å². The summed E-state index contributed by atoms with van der Waals surface area (Å²) in [4.78, 5) is 60.0. The number of ether oxygens (including phenoxy) is 2. The summed E-state index contributed by atoms with van der Waals surface area (Å²) in [5.41, 5.74) is 2.97. The molecule has 7 rings (SSSR count). The van der Waals surface area contributed by atoms with E-state index in [4.69, 9.17) is 9.47 Å². The molecule has 5 heterocycles. The van der Waals surface area contributed by atoms with Crippen molar-refractivity contribution in [3.8, 4) is 23.3 Å². The maximum Gasteiger partial charge on any atom is 0.255 e. The summed E-state index contributed by atoms with van der Waals surface area (Å²) in [6.45, 7) is 2.22. The zero-order chi connectivity index (χ0) is 41.1. The molecule has 2 aromatic carbocycles. The van der Waals surface area contributed by atoms with Gasteiger partial charge in [-0.3, -0.25) is 24.5 Å². The summed E-state index contributed by atoms with van der Waals surface area (Å²) >= 11 is 2.35. The summed E-state index contributed by atoms with van der Waals surface area (Å²) in [6.07, 6.45) is 11.0. The minimum atomic E-state index is -1.17. The number of piperidine rings is 2. The van der Waals surface area contributed by atoms with Crippen LogP contribution in [0, 0.1) is 11.8 Å². The molecule has 312 valence electrons. The minimum Gasteiger partial charge on any atom is -0.598 e. The molecule has 3 aromatic rings. The van der Waals surface area contributed by atoms with Crippen LogP contribution >= 0.6 is 15.9 Å². The lowest BCUT2D eigenvalue weighted by Gasteiger charge is -2.32. The number of para-hydroxylation sites is 1. The molecule has 1 aromatic heterocycles. The molecule has 0 radical (unpaired) electrons. The van der Waals surface area contributed by atoms with Gasteiger partial charge >= 0.3 is 0 Å². The molecule has 2 unspecified atom stereocenters. The van der Waals surface area contributed by atoms with E-state index in [1.807, 2.05) is 34.6 Å². The topological polar surface area (TPSA) is 190 Å². The number of nitrogens with zero attached hydrogens (tertiary/aromatic N) is 4. The Labute approximate surface area is 355 Å². The lowest BCUT2D eigenvalue weighted by atomic mass is 10.0. The normalized spacial score (nSPS) is 18.2. The fraction of sp³-hybridized carbons (Fsp3) is 0.476. The van der Waals surface area contributed by atoms with Crippen LogP contribution in [0.25, 0.3) is 0 Å². The van der Waals surface area contributed by atoms with Crippen molar-refractivity contribution in [1.82, 2.24) is 29.8 Å². The largest absolute Gasteiger partial charge is 0.598 e. The predicted molar refractivity (Wildman–Crippen MR) is 226 cm³/mol. The van der Waals surface area contributed by atoms with Crippen LogP contribution in [0.2, 0.25) is 0 Å². The summed E-state index contributed by atoms with van der Waals surface area (Å²) in [7, 11) is 0. The summed E-state index contributed by atoms with van der Waals surface area (Å²) in [5.74, 6) is 8.38. The van der Waals surface area contributed by atoms with Gasteiger partial charge in [-0.05, 0) is 77.9 Å². The molecular formula is C42H49BrN8O7S. The maximum absolute atomic E-state index is 13.0. The van der Waals surface area contributed by atoms with Crippen molar-refractivity contribution in [1.29, 1.82) is 0 Å². The number of aromatic nitrogens is 2. The Morgan fingerprint density at radius 2 is 1.81 bits per heavy atom. The average molecular weight is 890 g/mol. The van der Waals surface area contributed by atoms with Gasteiger partial charge in [-0.25, -0.2) is 4.98 Å². The van der Waals surface area contributed by atoms with Crippen LogP contribution in [0.15, 0.2) is 47.1 Å². The van der Waals surface area contributed by atoms with E-state index in [1.165, 1.54) is 0 Å². The van der Waals surface area contributed by atoms with Gasteiger partial charge in [0.1, 0.15) is 17.6 Å². The fourth-order valence-electron chi connectivity index (χ4n) is 7.63. The molecular weight excluding hydrogens is 840 g/mol. The quantitative estimate of drug-likeness (QED) is 0.0594. The first-order chi connectivity index (χ1) is 28.7. The Morgan fingerprint density at radius 3 is 2.64 bits per heavy atom. The fourth-order valence-corrected chi connectivity index (χ4v) is 9.07. The van der Waals surface area contributed by atoms with Crippen LogP contribution in [0.1, 0.15) is 98.5 Å². The molecule has 0 bridgehead atoms. The van der Waals surface area contributed by atoms with Crippen molar-refractivity contribution in [2.75, 3.05) is 42.8 Å². The monoisotopic (exact) mass is 888 g/mol. The minimum absolute atomic E-state index is 0.00428. The van der Waals surface area contributed by atoms with Crippen LogP contribution < -0.4 is 30.7 Å². The Morgan fingerprint density at radius 1 is 1.02 bits per heavy atom. The van der Waals surface area contributed by atoms with Gasteiger partial charge in [0.15, 0.2) is 11.5 Å². The third-order valence-corrected chi connectivity index (χ3v) is 12.9. The number of anilines is 3. The Kier molecular flexibility index (Phi) is 14.6. The van der Waals surface area contributed by atoms with Gasteiger partial charge in [-0.2, -0.15) is 4.98 Å². The van der Waals surface area contributed by atoms with Crippen LogP contribution in [-0.4, -0.2) is 91.6 Å². The molecule has 2 atom stereocenters. The van der Waals surface area contributed by atoms with Crippen molar-refractivity contribution in [3.63, 3.8) is 0 Å². The molecule has 4 N–H and O–H groups in total. The van der Waals surface area contributed by atoms with Crippen molar-refractivity contribution >= 4 is 68.4 Å². The number of hydrogen-bond acceptors (Lipinski definition) is 12. The number of carbonyl (C=O) groups excluding carboxylic acids is 4. The van der Waals surface area contributed by atoms with E-state index in [2.05, 4.69) is 59.0 Å². The van der Waals surface area contributed by atoms with Gasteiger partial charge in [0.2, 0.25) is 30.5 Å². The lowest BCUT2D eigenvalue weighted by Crippen LogP contribution is -2.52. The molecule has 0 spiro atoms. The van der Waals surface area contributed by atoms with E-state index in [-0.39, 0.29) is 37.0 Å². The second-order valence-electron chi connectivity index (χ2n) is 14.9. The first-order valence-corrected chi connectivity index (χ1v) is 22.4. The van der Waals surface area contributed by atoms with Crippen LogP contribution in [0.5, 0.6) is 11.5 Å². The van der Waals surface area contributed by atoms with E-state index >= 15 is 0 Å². The molecule has 0 aliphatic carbocycles. The highest BCUT2D eigenvalue weighted by atomic mass is 79.9. The van der Waals surface area contributed by atoms with Gasteiger partial charge in [0, 0.05) is 73.6 Å². The smallest absolute Gasteiger partial charge is 0.255 e. The zero-order valence-electron chi connectivity index (χ0n) is 32.9. The molecule has 15 nitrogen and oxygen atoms in total. The van der Waals surface area contributed by atoms with E-state index < -0.39 is 23.3 Å². The van der Waals surface area contributed by atoms with Crippen LogP contribution in [-0.2, 0) is 32.3 Å². The van der Waals surface area contributed by atoms with E-state index in [0.717, 1.165) is 74.6 Å². The van der Waals surface area contributed by atoms with Gasteiger partial charge in [0.05, 0.1) is 16.7 Å². The van der Waals surface area contributed by atoms with Crippen molar-refractivity contribution in [2.24, 2.45) is 0 Å². The number of halogens is 1. The van der Waals surface area contributed by atoms with Crippen molar-refractivity contribution in [3.05, 3.63) is 63.8 Å². The Balaban J connectivity index is 0.717. The van der Waals surface area contributed by atoms with Gasteiger partial charge < -0.3 is 34.9 Å². The number of imide groups is 1. The average Bonchev–Trinajstić information content (AvgIpc) is 3.85. The van der Waals surface area contributed by atoms with Crippen LogP contribution in [0.3, 0.4) is 0 Å². The number of rotatable bonds is 17. The van der Waals surface area contributed by atoms with E-state index in [9.17, 15) is 23.7 Å². The van der Waals surface area contributed by atoms with Gasteiger partial charge in [-0.1, -0.05) is 49.7 Å². The third kappa shape index (κ3) is 11.0. The van der Waals surface area contributed by atoms with Crippen molar-refractivity contribution in [2.45, 2.75) is 95.7 Å². The third-order valence-electron chi connectivity index (χ3n) is 10.8. The number of nitrogens with one attached hydrogen (secondary N) is 4. The second kappa shape index (κ2) is 20.4. The highest BCUT2D eigenvalue weighted by Crippen LogP contribution is 2.41. The number of carbonyl (C=O) groups is 4. The molecule has 0 saturated carbocycles. The molecule has 4 amide bonds. The summed E-state index contributed by atoms with van der Waals surface area (Å²) in [5, 5.41) is 12.0. The number of amides is 4. The zero-order valence-corrected chi connectivity index (χ0v) is 35.3. The highest BCUT2D eigenvalue weighted by Gasteiger charge is 2.39. The molecule has 4 aliphatic heterocycles. The van der Waals surface area contributed by atoms with E-state index in [1.54, 1.807) is 17.2 Å². The Bertz CT molecular complexity index is 2090. The first-order valence-electron chi connectivity index (χ1n) is 20.3.